The van der Waals surface area contributed by atoms with Crippen molar-refractivity contribution in [2.75, 3.05) is 0 Å². The van der Waals surface area contributed by atoms with Crippen molar-refractivity contribution in [1.82, 2.24) is 0 Å². The fraction of sp³-hybridized carbons (Fsp3) is 0.143. The van der Waals surface area contributed by atoms with Crippen LogP contribution in [0, 0.1) is 11.8 Å². The van der Waals surface area contributed by atoms with Gasteiger partial charge < -0.3 is 9.73 Å². The molecule has 0 bridgehead atoms. The lowest BCUT2D eigenvalue weighted by molar-refractivity contribution is 0.312. The highest BCUT2D eigenvalue weighted by Crippen LogP contribution is 2.17. The summed E-state index contributed by atoms with van der Waals surface area (Å²) in [5.41, 5.74) is 1.16. The topological polar surface area (TPSA) is 58.9 Å². The number of hydrogen-bond donors (Lipinski definition) is 1. The first-order valence-corrected chi connectivity index (χ1v) is 3.62. The third-order valence-corrected chi connectivity index (χ3v) is 1.47. The molecule has 0 heterocycles. The van der Waals surface area contributed by atoms with Gasteiger partial charge in [0.2, 0.25) is 0 Å². The Hall–Kier alpha value is -1.15. The van der Waals surface area contributed by atoms with Crippen LogP contribution in [-0.2, 0) is 0 Å². The number of hydrogen-bond acceptors (Lipinski definition) is 3. The molecule has 0 saturated carbocycles. The van der Waals surface area contributed by atoms with Crippen molar-refractivity contribution in [3.63, 3.8) is 0 Å². The van der Waals surface area contributed by atoms with Crippen LogP contribution in [0.5, 0.6) is 5.75 Å². The molecule has 1 aromatic rings. The van der Waals surface area contributed by atoms with E-state index in [-0.39, 0.29) is 0 Å². The largest absolute Gasteiger partial charge is 0.480 e. The summed E-state index contributed by atoms with van der Waals surface area (Å²) in [7, 11) is 2.23. The van der Waals surface area contributed by atoms with Crippen LogP contribution in [-0.4, -0.2) is 5.21 Å². The van der Waals surface area contributed by atoms with E-state index < -0.39 is 0 Å². The average Bonchev–Trinajstić information content (AvgIpc) is 2.07. The molecule has 0 aromatic heterocycles. The molecule has 1 atom stereocenters. The van der Waals surface area contributed by atoms with Crippen molar-refractivity contribution in [1.29, 1.82) is 0 Å². The monoisotopic (exact) mass is 187 g/mol. The van der Waals surface area contributed by atoms with E-state index in [9.17, 15) is 0 Å². The molecule has 0 aliphatic rings. The molecule has 12 heavy (non-hydrogen) atoms. The van der Waals surface area contributed by atoms with Gasteiger partial charge in [0.05, 0.1) is 9.47 Å². The second-order valence-corrected chi connectivity index (χ2v) is 2.20. The SMILES string of the molecule is Cc1ccccc1OP.O=NO. The maximum absolute atomic E-state index is 8.11. The molecule has 0 amide bonds. The van der Waals surface area contributed by atoms with Crippen molar-refractivity contribution in [2.24, 2.45) is 5.34 Å². The van der Waals surface area contributed by atoms with Gasteiger partial charge in [-0.05, 0) is 18.6 Å². The molecule has 1 aromatic carbocycles. The lowest BCUT2D eigenvalue weighted by Gasteiger charge is -2.00. The Bertz CT molecular complexity index is 242. The Balaban J connectivity index is 0.000000354. The van der Waals surface area contributed by atoms with E-state index in [2.05, 4.69) is 9.47 Å². The maximum atomic E-state index is 8.11. The van der Waals surface area contributed by atoms with Crippen LogP contribution in [0.15, 0.2) is 29.6 Å². The molecule has 0 aliphatic heterocycles. The number of aryl methyl sites for hydroxylation is 1. The highest BCUT2D eigenvalue weighted by Gasteiger charge is 1.91. The molecule has 0 spiro atoms. The Morgan fingerprint density at radius 2 is 2.00 bits per heavy atom. The molecule has 66 valence electrons. The zero-order valence-electron chi connectivity index (χ0n) is 6.60. The summed E-state index contributed by atoms with van der Waals surface area (Å²) in [6, 6.07) is 7.89. The first-order valence-electron chi connectivity index (χ1n) is 3.15. The van der Waals surface area contributed by atoms with Crippen molar-refractivity contribution in [3.8, 4) is 5.75 Å². The van der Waals surface area contributed by atoms with Crippen molar-refractivity contribution >= 4 is 9.47 Å². The van der Waals surface area contributed by atoms with Gasteiger partial charge in [0, 0.05) is 0 Å². The zero-order chi connectivity index (χ0) is 9.40. The Labute approximate surface area is 72.8 Å². The summed E-state index contributed by atoms with van der Waals surface area (Å²) in [6.45, 7) is 2.01. The van der Waals surface area contributed by atoms with Gasteiger partial charge in [-0.25, -0.2) is 0 Å². The highest BCUT2D eigenvalue weighted by molar-refractivity contribution is 7.10. The molecule has 0 fully saturated rings. The zero-order valence-corrected chi connectivity index (χ0v) is 7.75. The standard InChI is InChI=1S/C7H9OP.HNO2/c1-6-4-2-3-5-7(6)8-9;2-1-3/h2-5H,9H2,1H3;(H,2,3). The fourth-order valence-electron chi connectivity index (χ4n) is 0.689. The van der Waals surface area contributed by atoms with Gasteiger partial charge in [0.15, 0.2) is 5.34 Å². The summed E-state index contributed by atoms with van der Waals surface area (Å²) in [6.07, 6.45) is 0. The van der Waals surface area contributed by atoms with E-state index >= 15 is 0 Å². The van der Waals surface area contributed by atoms with E-state index in [1.54, 1.807) is 0 Å². The number of benzene rings is 1. The number of para-hydroxylation sites is 1. The summed E-state index contributed by atoms with van der Waals surface area (Å²) >= 11 is 0. The van der Waals surface area contributed by atoms with Gasteiger partial charge in [-0.15, -0.1) is 4.91 Å². The summed E-state index contributed by atoms with van der Waals surface area (Å²) in [5.74, 6) is 0.919. The fourth-order valence-corrected chi connectivity index (χ4v) is 0.953. The summed E-state index contributed by atoms with van der Waals surface area (Å²) in [5, 5.41) is 7.89. The molecular weight excluding hydrogens is 177 g/mol. The van der Waals surface area contributed by atoms with E-state index in [4.69, 9.17) is 14.6 Å². The quantitative estimate of drug-likeness (QED) is 0.417. The van der Waals surface area contributed by atoms with Gasteiger partial charge in [0.1, 0.15) is 5.75 Å². The van der Waals surface area contributed by atoms with Crippen LogP contribution in [0.3, 0.4) is 0 Å². The molecule has 0 saturated heterocycles. The minimum absolute atomic E-state index is 0.919. The van der Waals surface area contributed by atoms with Crippen LogP contribution >= 0.6 is 9.47 Å². The van der Waals surface area contributed by atoms with Gasteiger partial charge in [-0.3, -0.25) is 0 Å². The molecule has 0 aliphatic carbocycles. The van der Waals surface area contributed by atoms with E-state index in [1.165, 1.54) is 5.34 Å². The number of nitrogens with zero attached hydrogens (tertiary/aromatic N) is 1. The Kier molecular flexibility index (Phi) is 5.93. The lowest BCUT2D eigenvalue weighted by Crippen LogP contribution is -1.77. The number of rotatable bonds is 1. The Morgan fingerprint density at radius 1 is 1.50 bits per heavy atom. The van der Waals surface area contributed by atoms with Crippen molar-refractivity contribution in [3.05, 3.63) is 34.7 Å². The van der Waals surface area contributed by atoms with Crippen LogP contribution < -0.4 is 4.52 Å². The highest BCUT2D eigenvalue weighted by atomic mass is 31.0. The normalized spacial score (nSPS) is 7.83. The van der Waals surface area contributed by atoms with E-state index in [0.29, 0.717) is 0 Å². The predicted octanol–water partition coefficient (Wildman–Crippen LogP) is 2.31. The molecule has 1 N–H and O–H groups in total. The lowest BCUT2D eigenvalue weighted by atomic mass is 10.2. The van der Waals surface area contributed by atoms with Gasteiger partial charge >= 0.3 is 0 Å². The summed E-state index contributed by atoms with van der Waals surface area (Å²) in [4.78, 5) is 8.11. The van der Waals surface area contributed by atoms with Gasteiger partial charge in [-0.1, -0.05) is 18.2 Å². The molecule has 4 nitrogen and oxygen atoms in total. The smallest absolute Gasteiger partial charge is 0.152 e. The predicted molar refractivity (Wildman–Crippen MR) is 49.1 cm³/mol. The van der Waals surface area contributed by atoms with Crippen LogP contribution in [0.4, 0.5) is 0 Å². The second kappa shape index (κ2) is 6.55. The molecule has 0 radical (unpaired) electrons. The molecular formula is C7H10NO3P. The minimum atomic E-state index is 0.919. The van der Waals surface area contributed by atoms with E-state index in [0.717, 1.165) is 11.3 Å². The molecule has 1 rings (SSSR count). The van der Waals surface area contributed by atoms with Crippen molar-refractivity contribution < 1.29 is 9.73 Å². The van der Waals surface area contributed by atoms with Crippen molar-refractivity contribution in [2.45, 2.75) is 6.92 Å². The van der Waals surface area contributed by atoms with E-state index in [1.807, 2.05) is 31.2 Å². The molecule has 1 unspecified atom stereocenters. The molecule has 5 heteroatoms. The third kappa shape index (κ3) is 3.88. The minimum Gasteiger partial charge on any atom is -0.480 e. The average molecular weight is 187 g/mol. The van der Waals surface area contributed by atoms with Gasteiger partial charge in [0.25, 0.3) is 0 Å². The maximum Gasteiger partial charge on any atom is 0.152 e. The second-order valence-electron chi connectivity index (χ2n) is 1.96. The first-order chi connectivity index (χ1) is 5.76. The van der Waals surface area contributed by atoms with Crippen LogP contribution in [0.25, 0.3) is 0 Å². The third-order valence-electron chi connectivity index (χ3n) is 1.22. The Morgan fingerprint density at radius 3 is 2.33 bits per heavy atom. The van der Waals surface area contributed by atoms with Crippen LogP contribution in [0.2, 0.25) is 0 Å². The van der Waals surface area contributed by atoms with Crippen LogP contribution in [0.1, 0.15) is 5.56 Å². The summed E-state index contributed by atoms with van der Waals surface area (Å²) < 4.78 is 4.96. The first kappa shape index (κ1) is 10.8. The van der Waals surface area contributed by atoms with Gasteiger partial charge in [-0.2, -0.15) is 0 Å².